The molecule has 0 aromatic heterocycles. The van der Waals surface area contributed by atoms with E-state index >= 15 is 0 Å². The van der Waals surface area contributed by atoms with E-state index in [0.29, 0.717) is 0 Å². The van der Waals surface area contributed by atoms with Crippen molar-refractivity contribution in [2.75, 3.05) is 13.8 Å². The molecule has 0 amide bonds. The predicted molar refractivity (Wildman–Crippen MR) is 40.9 cm³/mol. The van der Waals surface area contributed by atoms with Gasteiger partial charge in [-0.2, -0.15) is 0 Å². The Kier molecular flexibility index (Phi) is 3.49. The maximum absolute atomic E-state index is 12.4. The summed E-state index contributed by atoms with van der Waals surface area (Å²) >= 11 is 0. The summed E-state index contributed by atoms with van der Waals surface area (Å²) in [4.78, 5) is 11.0. The van der Waals surface area contributed by atoms with Crippen molar-refractivity contribution in [2.24, 2.45) is 11.3 Å². The molecule has 0 aliphatic carbocycles. The third-order valence-corrected chi connectivity index (χ3v) is 2.20. The summed E-state index contributed by atoms with van der Waals surface area (Å²) in [5.74, 6) is -0.519. The lowest BCUT2D eigenvalue weighted by molar-refractivity contribution is -0.155. The van der Waals surface area contributed by atoms with Crippen molar-refractivity contribution in [3.8, 4) is 0 Å². The number of hydrogen-bond donors (Lipinski definition) is 0. The van der Waals surface area contributed by atoms with Crippen LogP contribution in [0.2, 0.25) is 0 Å². The van der Waals surface area contributed by atoms with Gasteiger partial charge in [-0.3, -0.25) is 4.79 Å². The number of esters is 1. The minimum absolute atomic E-state index is 0.0417. The van der Waals surface area contributed by atoms with Gasteiger partial charge < -0.3 is 4.74 Å². The Balaban J connectivity index is 4.45. The SMILES string of the molecule is COC(=O)C(C)(CF)C(C)C. The van der Waals surface area contributed by atoms with E-state index in [0.717, 1.165) is 0 Å². The van der Waals surface area contributed by atoms with E-state index in [2.05, 4.69) is 4.74 Å². The van der Waals surface area contributed by atoms with Crippen LogP contribution in [0.1, 0.15) is 20.8 Å². The van der Waals surface area contributed by atoms with Crippen LogP contribution in [0.25, 0.3) is 0 Å². The molecule has 3 heteroatoms. The predicted octanol–water partition coefficient (Wildman–Crippen LogP) is 1.79. The first-order valence-corrected chi connectivity index (χ1v) is 3.63. The number of ether oxygens (including phenoxy) is 1. The highest BCUT2D eigenvalue weighted by Gasteiger charge is 2.37. The van der Waals surface area contributed by atoms with Gasteiger partial charge in [0.1, 0.15) is 6.67 Å². The Bertz CT molecular complexity index is 145. The molecule has 2 nitrogen and oxygen atoms in total. The monoisotopic (exact) mass is 162 g/mol. The molecule has 0 saturated carbocycles. The topological polar surface area (TPSA) is 26.3 Å². The molecule has 1 atom stereocenters. The lowest BCUT2D eigenvalue weighted by Gasteiger charge is -2.26. The van der Waals surface area contributed by atoms with Gasteiger partial charge in [-0.15, -0.1) is 0 Å². The Morgan fingerprint density at radius 1 is 1.64 bits per heavy atom. The highest BCUT2D eigenvalue weighted by molar-refractivity contribution is 5.76. The molecule has 0 fully saturated rings. The molecule has 0 N–H and O–H groups in total. The molecule has 0 aliphatic rings. The molecule has 0 spiro atoms. The van der Waals surface area contributed by atoms with E-state index in [1.54, 1.807) is 20.8 Å². The van der Waals surface area contributed by atoms with Gasteiger partial charge in [0.15, 0.2) is 0 Å². The van der Waals surface area contributed by atoms with Crippen LogP contribution in [0.15, 0.2) is 0 Å². The molecule has 0 aliphatic heterocycles. The third-order valence-electron chi connectivity index (χ3n) is 2.20. The molecule has 66 valence electrons. The van der Waals surface area contributed by atoms with Gasteiger partial charge in [0.2, 0.25) is 0 Å². The van der Waals surface area contributed by atoms with E-state index < -0.39 is 18.1 Å². The standard InChI is InChI=1S/C8H15FO2/c1-6(2)8(3,5-9)7(10)11-4/h6H,5H2,1-4H3. The molecule has 0 rings (SSSR count). The normalized spacial score (nSPS) is 16.2. The van der Waals surface area contributed by atoms with Gasteiger partial charge >= 0.3 is 5.97 Å². The lowest BCUT2D eigenvalue weighted by atomic mass is 9.80. The second kappa shape index (κ2) is 3.69. The number of halogens is 1. The molecule has 0 radical (unpaired) electrons. The lowest BCUT2D eigenvalue weighted by Crippen LogP contribution is -2.36. The Labute approximate surface area is 66.7 Å². The fourth-order valence-corrected chi connectivity index (χ4v) is 0.678. The molecule has 0 aromatic rings. The summed E-state index contributed by atoms with van der Waals surface area (Å²) in [5.41, 5.74) is -0.977. The zero-order valence-electron chi connectivity index (χ0n) is 7.48. The summed E-state index contributed by atoms with van der Waals surface area (Å²) in [5, 5.41) is 0. The van der Waals surface area contributed by atoms with E-state index in [4.69, 9.17) is 0 Å². The van der Waals surface area contributed by atoms with Gasteiger partial charge in [-0.25, -0.2) is 4.39 Å². The summed E-state index contributed by atoms with van der Waals surface area (Å²) < 4.78 is 16.9. The Morgan fingerprint density at radius 2 is 2.09 bits per heavy atom. The Hall–Kier alpha value is -0.600. The first-order valence-electron chi connectivity index (χ1n) is 3.63. The van der Waals surface area contributed by atoms with E-state index in [9.17, 15) is 9.18 Å². The highest BCUT2D eigenvalue weighted by Crippen LogP contribution is 2.28. The second-order valence-corrected chi connectivity index (χ2v) is 3.20. The van der Waals surface area contributed by atoms with Crippen molar-refractivity contribution in [3.63, 3.8) is 0 Å². The molecular weight excluding hydrogens is 147 g/mol. The van der Waals surface area contributed by atoms with Crippen LogP contribution in [0.4, 0.5) is 4.39 Å². The molecule has 1 unspecified atom stereocenters. The number of methoxy groups -OCH3 is 1. The van der Waals surface area contributed by atoms with E-state index in [1.807, 2.05) is 0 Å². The summed E-state index contributed by atoms with van der Waals surface area (Å²) in [7, 11) is 1.28. The maximum Gasteiger partial charge on any atom is 0.314 e. The molecule has 0 heterocycles. The van der Waals surface area contributed by atoms with E-state index in [-0.39, 0.29) is 5.92 Å². The molecule has 0 aromatic carbocycles. The van der Waals surface area contributed by atoms with Gasteiger partial charge in [-0.1, -0.05) is 13.8 Å². The molecule has 0 saturated heterocycles. The zero-order valence-corrected chi connectivity index (χ0v) is 7.48. The van der Waals surface area contributed by atoms with Crippen LogP contribution >= 0.6 is 0 Å². The second-order valence-electron chi connectivity index (χ2n) is 3.20. The van der Waals surface area contributed by atoms with Crippen molar-refractivity contribution in [1.29, 1.82) is 0 Å². The number of carbonyl (C=O) groups is 1. The van der Waals surface area contributed by atoms with Crippen LogP contribution in [0.5, 0.6) is 0 Å². The van der Waals surface area contributed by atoms with Crippen LogP contribution in [-0.4, -0.2) is 19.8 Å². The van der Waals surface area contributed by atoms with Crippen LogP contribution in [0, 0.1) is 11.3 Å². The minimum atomic E-state index is -0.977. The van der Waals surface area contributed by atoms with E-state index in [1.165, 1.54) is 7.11 Å². The van der Waals surface area contributed by atoms with Gasteiger partial charge in [-0.05, 0) is 12.8 Å². The van der Waals surface area contributed by atoms with Crippen molar-refractivity contribution < 1.29 is 13.9 Å². The molecule has 11 heavy (non-hydrogen) atoms. The van der Waals surface area contributed by atoms with Crippen LogP contribution < -0.4 is 0 Å². The van der Waals surface area contributed by atoms with Gasteiger partial charge in [0, 0.05) is 0 Å². The quantitative estimate of drug-likeness (QED) is 0.591. The molecule has 0 bridgehead atoms. The van der Waals surface area contributed by atoms with Crippen molar-refractivity contribution >= 4 is 5.97 Å². The fraction of sp³-hybridized carbons (Fsp3) is 0.875. The third kappa shape index (κ3) is 1.91. The minimum Gasteiger partial charge on any atom is -0.469 e. The molecular formula is C8H15FO2. The average Bonchev–Trinajstić information content (AvgIpc) is 2.01. The first-order chi connectivity index (χ1) is 4.99. The number of carbonyl (C=O) groups excluding carboxylic acids is 1. The van der Waals surface area contributed by atoms with Crippen LogP contribution in [0.3, 0.4) is 0 Å². The number of rotatable bonds is 3. The number of alkyl halides is 1. The zero-order chi connectivity index (χ0) is 9.07. The van der Waals surface area contributed by atoms with Gasteiger partial charge in [0.25, 0.3) is 0 Å². The van der Waals surface area contributed by atoms with Crippen molar-refractivity contribution in [2.45, 2.75) is 20.8 Å². The first kappa shape index (κ1) is 10.4. The largest absolute Gasteiger partial charge is 0.469 e. The Morgan fingerprint density at radius 3 is 2.18 bits per heavy atom. The summed E-state index contributed by atoms with van der Waals surface area (Å²) in [6.45, 7) is 4.51. The number of hydrogen-bond acceptors (Lipinski definition) is 2. The maximum atomic E-state index is 12.4. The fourth-order valence-electron chi connectivity index (χ4n) is 0.678. The van der Waals surface area contributed by atoms with Crippen molar-refractivity contribution in [3.05, 3.63) is 0 Å². The average molecular weight is 162 g/mol. The summed E-state index contributed by atoms with van der Waals surface area (Å²) in [6.07, 6.45) is 0. The van der Waals surface area contributed by atoms with Crippen LogP contribution in [-0.2, 0) is 9.53 Å². The van der Waals surface area contributed by atoms with Gasteiger partial charge in [0.05, 0.1) is 12.5 Å². The highest BCUT2D eigenvalue weighted by atomic mass is 19.1. The smallest absolute Gasteiger partial charge is 0.314 e. The van der Waals surface area contributed by atoms with Crippen molar-refractivity contribution in [1.82, 2.24) is 0 Å². The summed E-state index contributed by atoms with van der Waals surface area (Å²) in [6, 6.07) is 0.